The highest BCUT2D eigenvalue weighted by Crippen LogP contribution is 2.31. The molecule has 0 fully saturated rings. The Hall–Kier alpha value is -1.62. The smallest absolute Gasteiger partial charge is 0.127 e. The van der Waals surface area contributed by atoms with E-state index in [1.165, 1.54) is 12.1 Å². The number of halogens is 2. The van der Waals surface area contributed by atoms with E-state index in [0.717, 1.165) is 18.7 Å². The molecule has 0 aliphatic heterocycles. The molecule has 3 nitrogen and oxygen atoms in total. The summed E-state index contributed by atoms with van der Waals surface area (Å²) in [6.07, 6.45) is -0.604. The molecular weight excluding hydrogens is 329 g/mol. The second-order valence-electron chi connectivity index (χ2n) is 5.60. The maximum absolute atomic E-state index is 13.6. The SMILES string of the molecule is CCN(CC)CC(O)COc1ccc(F)cc1-c1ccc(Cl)cc1. The Bertz CT molecular complexity index is 644. The number of ether oxygens (including phenoxy) is 1. The first kappa shape index (κ1) is 18.7. The van der Waals surface area contributed by atoms with E-state index >= 15 is 0 Å². The van der Waals surface area contributed by atoms with Gasteiger partial charge in [0.05, 0.1) is 0 Å². The van der Waals surface area contributed by atoms with Crippen molar-refractivity contribution < 1.29 is 14.2 Å². The van der Waals surface area contributed by atoms with Crippen LogP contribution < -0.4 is 4.74 Å². The van der Waals surface area contributed by atoms with E-state index in [1.54, 1.807) is 18.2 Å². The zero-order chi connectivity index (χ0) is 17.5. The van der Waals surface area contributed by atoms with Crippen molar-refractivity contribution in [3.63, 3.8) is 0 Å². The van der Waals surface area contributed by atoms with Crippen LogP contribution in [0.2, 0.25) is 5.02 Å². The highest BCUT2D eigenvalue weighted by molar-refractivity contribution is 6.30. The molecular formula is C19H23ClFNO2. The van der Waals surface area contributed by atoms with Crippen LogP contribution in [0.4, 0.5) is 4.39 Å². The van der Waals surface area contributed by atoms with Crippen molar-refractivity contribution in [3.05, 3.63) is 53.3 Å². The van der Waals surface area contributed by atoms with Crippen molar-refractivity contribution in [3.8, 4) is 16.9 Å². The first-order chi connectivity index (χ1) is 11.5. The van der Waals surface area contributed by atoms with Crippen LogP contribution in [-0.4, -0.2) is 42.4 Å². The van der Waals surface area contributed by atoms with Gasteiger partial charge in [0.25, 0.3) is 0 Å². The van der Waals surface area contributed by atoms with Crippen molar-refractivity contribution >= 4 is 11.6 Å². The summed E-state index contributed by atoms with van der Waals surface area (Å²) in [5, 5.41) is 10.8. The van der Waals surface area contributed by atoms with E-state index in [-0.39, 0.29) is 12.4 Å². The largest absolute Gasteiger partial charge is 0.490 e. The number of hydrogen-bond acceptors (Lipinski definition) is 3. The molecule has 2 aromatic rings. The van der Waals surface area contributed by atoms with Gasteiger partial charge < -0.3 is 14.7 Å². The summed E-state index contributed by atoms with van der Waals surface area (Å²) in [6, 6.07) is 11.5. The topological polar surface area (TPSA) is 32.7 Å². The summed E-state index contributed by atoms with van der Waals surface area (Å²) in [5.41, 5.74) is 1.45. The number of nitrogens with zero attached hydrogens (tertiary/aromatic N) is 1. The lowest BCUT2D eigenvalue weighted by Crippen LogP contribution is -2.35. The Labute approximate surface area is 147 Å². The van der Waals surface area contributed by atoms with Gasteiger partial charge in [-0.05, 0) is 49.0 Å². The lowest BCUT2D eigenvalue weighted by Gasteiger charge is -2.22. The third-order valence-corrected chi connectivity index (χ3v) is 4.14. The van der Waals surface area contributed by atoms with Gasteiger partial charge in [0.1, 0.15) is 24.3 Å². The molecule has 130 valence electrons. The quantitative estimate of drug-likeness (QED) is 0.772. The molecule has 0 saturated heterocycles. The van der Waals surface area contributed by atoms with Crippen molar-refractivity contribution in [2.75, 3.05) is 26.2 Å². The van der Waals surface area contributed by atoms with Crippen LogP contribution in [-0.2, 0) is 0 Å². The number of aliphatic hydroxyl groups excluding tert-OH is 1. The second-order valence-corrected chi connectivity index (χ2v) is 6.03. The fraction of sp³-hybridized carbons (Fsp3) is 0.368. The first-order valence-electron chi connectivity index (χ1n) is 8.12. The minimum absolute atomic E-state index is 0.155. The molecule has 0 aliphatic carbocycles. The Morgan fingerprint density at radius 1 is 1.12 bits per heavy atom. The summed E-state index contributed by atoms with van der Waals surface area (Å²) in [6.45, 7) is 6.55. The van der Waals surface area contributed by atoms with Gasteiger partial charge >= 0.3 is 0 Å². The molecule has 1 unspecified atom stereocenters. The maximum atomic E-state index is 13.6. The summed E-state index contributed by atoms with van der Waals surface area (Å²) in [7, 11) is 0. The molecule has 0 aliphatic rings. The minimum atomic E-state index is -0.604. The molecule has 5 heteroatoms. The summed E-state index contributed by atoms with van der Waals surface area (Å²) < 4.78 is 19.4. The maximum Gasteiger partial charge on any atom is 0.127 e. The van der Waals surface area contributed by atoms with Gasteiger partial charge in [-0.1, -0.05) is 37.6 Å². The summed E-state index contributed by atoms with van der Waals surface area (Å²) in [4.78, 5) is 2.12. The fourth-order valence-electron chi connectivity index (χ4n) is 2.50. The molecule has 1 atom stereocenters. The van der Waals surface area contributed by atoms with E-state index < -0.39 is 6.10 Å². The number of benzene rings is 2. The molecule has 0 bridgehead atoms. The Morgan fingerprint density at radius 3 is 2.42 bits per heavy atom. The average molecular weight is 352 g/mol. The van der Waals surface area contributed by atoms with Gasteiger partial charge in [-0.2, -0.15) is 0 Å². The van der Waals surface area contributed by atoms with Crippen LogP contribution >= 0.6 is 11.6 Å². The minimum Gasteiger partial charge on any atom is -0.490 e. The molecule has 0 heterocycles. The highest BCUT2D eigenvalue weighted by Gasteiger charge is 2.13. The van der Waals surface area contributed by atoms with E-state index in [1.807, 2.05) is 12.1 Å². The second kappa shape index (κ2) is 9.02. The predicted octanol–water partition coefficient (Wildman–Crippen LogP) is 4.23. The number of rotatable bonds is 8. The van der Waals surface area contributed by atoms with Crippen LogP contribution in [0.5, 0.6) is 5.75 Å². The number of likely N-dealkylation sites (N-methyl/N-ethyl adjacent to an activating group) is 1. The van der Waals surface area contributed by atoms with E-state index in [0.29, 0.717) is 22.9 Å². The van der Waals surface area contributed by atoms with Gasteiger partial charge in [-0.3, -0.25) is 0 Å². The van der Waals surface area contributed by atoms with E-state index in [9.17, 15) is 9.50 Å². The predicted molar refractivity (Wildman–Crippen MR) is 96.1 cm³/mol. The van der Waals surface area contributed by atoms with Gasteiger partial charge in [0.2, 0.25) is 0 Å². The van der Waals surface area contributed by atoms with Crippen LogP contribution in [0.25, 0.3) is 11.1 Å². The molecule has 0 radical (unpaired) electrons. The molecule has 2 aromatic carbocycles. The van der Waals surface area contributed by atoms with Crippen LogP contribution in [0.3, 0.4) is 0 Å². The van der Waals surface area contributed by atoms with Crippen LogP contribution in [0.15, 0.2) is 42.5 Å². The molecule has 0 spiro atoms. The van der Waals surface area contributed by atoms with E-state index in [2.05, 4.69) is 18.7 Å². The van der Waals surface area contributed by atoms with Crippen molar-refractivity contribution in [1.82, 2.24) is 4.90 Å². The highest BCUT2D eigenvalue weighted by atomic mass is 35.5. The molecule has 2 rings (SSSR count). The number of aliphatic hydroxyl groups is 1. The zero-order valence-electron chi connectivity index (χ0n) is 14.0. The fourth-order valence-corrected chi connectivity index (χ4v) is 2.63. The first-order valence-corrected chi connectivity index (χ1v) is 8.50. The Balaban J connectivity index is 2.11. The lowest BCUT2D eigenvalue weighted by molar-refractivity contribution is 0.0718. The van der Waals surface area contributed by atoms with Crippen molar-refractivity contribution in [1.29, 1.82) is 0 Å². The third kappa shape index (κ3) is 5.20. The van der Waals surface area contributed by atoms with Gasteiger partial charge in [0, 0.05) is 17.1 Å². The lowest BCUT2D eigenvalue weighted by atomic mass is 10.0. The standard InChI is InChI=1S/C19H23ClFNO2/c1-3-22(4-2)12-17(23)13-24-19-10-9-16(21)11-18(19)14-5-7-15(20)8-6-14/h5-11,17,23H,3-4,12-13H2,1-2H3. The monoisotopic (exact) mass is 351 g/mol. The summed E-state index contributed by atoms with van der Waals surface area (Å²) >= 11 is 5.91. The summed E-state index contributed by atoms with van der Waals surface area (Å²) in [5.74, 6) is 0.202. The van der Waals surface area contributed by atoms with Crippen LogP contribution in [0, 0.1) is 5.82 Å². The Morgan fingerprint density at radius 2 is 1.79 bits per heavy atom. The molecule has 24 heavy (non-hydrogen) atoms. The van der Waals surface area contributed by atoms with Gasteiger partial charge in [0.15, 0.2) is 0 Å². The van der Waals surface area contributed by atoms with Gasteiger partial charge in [-0.15, -0.1) is 0 Å². The average Bonchev–Trinajstić information content (AvgIpc) is 2.59. The van der Waals surface area contributed by atoms with Crippen molar-refractivity contribution in [2.45, 2.75) is 20.0 Å². The van der Waals surface area contributed by atoms with Gasteiger partial charge in [-0.25, -0.2) is 4.39 Å². The molecule has 0 aromatic heterocycles. The molecule has 0 saturated carbocycles. The van der Waals surface area contributed by atoms with E-state index in [4.69, 9.17) is 16.3 Å². The normalized spacial score (nSPS) is 12.4. The molecule has 0 amide bonds. The molecule has 1 N–H and O–H groups in total. The third-order valence-electron chi connectivity index (χ3n) is 3.89. The Kier molecular flexibility index (Phi) is 7.03. The van der Waals surface area contributed by atoms with Crippen LogP contribution in [0.1, 0.15) is 13.8 Å². The zero-order valence-corrected chi connectivity index (χ0v) is 14.8. The number of hydrogen-bond donors (Lipinski definition) is 1. The van der Waals surface area contributed by atoms with Crippen molar-refractivity contribution in [2.24, 2.45) is 0 Å².